The van der Waals surface area contributed by atoms with E-state index >= 15 is 0 Å². The zero-order valence-corrected chi connectivity index (χ0v) is 17.6. The van der Waals surface area contributed by atoms with Gasteiger partial charge in [-0.05, 0) is 56.7 Å². The van der Waals surface area contributed by atoms with Gasteiger partial charge in [0.05, 0.1) is 11.0 Å². The van der Waals surface area contributed by atoms with E-state index in [0.717, 1.165) is 44.2 Å². The lowest BCUT2D eigenvalue weighted by atomic mass is 10.1. The zero-order valence-electron chi connectivity index (χ0n) is 16.8. The van der Waals surface area contributed by atoms with E-state index < -0.39 is 10.0 Å². The topological polar surface area (TPSA) is 66.9 Å². The van der Waals surface area contributed by atoms with Crippen molar-refractivity contribution in [1.29, 1.82) is 0 Å². The van der Waals surface area contributed by atoms with Gasteiger partial charge in [-0.3, -0.25) is 4.79 Å². The van der Waals surface area contributed by atoms with Crippen LogP contribution in [0.4, 0.5) is 0 Å². The molecule has 2 aliphatic heterocycles. The van der Waals surface area contributed by atoms with E-state index in [1.807, 2.05) is 24.0 Å². The molecular formula is C21H32N2O4S. The Morgan fingerprint density at radius 3 is 2.46 bits per heavy atom. The van der Waals surface area contributed by atoms with Gasteiger partial charge < -0.3 is 9.64 Å². The van der Waals surface area contributed by atoms with Crippen molar-refractivity contribution in [1.82, 2.24) is 9.21 Å². The fourth-order valence-corrected chi connectivity index (χ4v) is 5.55. The van der Waals surface area contributed by atoms with Gasteiger partial charge in [-0.1, -0.05) is 18.6 Å². The SMILES string of the molecule is CCOC1CCCN(C(=O)CCc2ccc(S(=O)(=O)N3CCCCC3)cc2)C1. The van der Waals surface area contributed by atoms with Gasteiger partial charge in [0, 0.05) is 39.2 Å². The Balaban J connectivity index is 1.53. The Morgan fingerprint density at radius 2 is 1.79 bits per heavy atom. The monoisotopic (exact) mass is 408 g/mol. The fraction of sp³-hybridized carbons (Fsp3) is 0.667. The Bertz CT molecular complexity index is 740. The van der Waals surface area contributed by atoms with Gasteiger partial charge in [-0.25, -0.2) is 8.42 Å². The van der Waals surface area contributed by atoms with Gasteiger partial charge in [-0.2, -0.15) is 4.31 Å². The fourth-order valence-electron chi connectivity index (χ4n) is 4.03. The molecule has 28 heavy (non-hydrogen) atoms. The van der Waals surface area contributed by atoms with Crippen LogP contribution < -0.4 is 0 Å². The lowest BCUT2D eigenvalue weighted by Crippen LogP contribution is -2.43. The van der Waals surface area contributed by atoms with Crippen LogP contribution in [0.25, 0.3) is 0 Å². The smallest absolute Gasteiger partial charge is 0.243 e. The van der Waals surface area contributed by atoms with Crippen molar-refractivity contribution >= 4 is 15.9 Å². The maximum absolute atomic E-state index is 12.7. The highest BCUT2D eigenvalue weighted by Gasteiger charge is 2.26. The Morgan fingerprint density at radius 1 is 1.07 bits per heavy atom. The summed E-state index contributed by atoms with van der Waals surface area (Å²) in [6, 6.07) is 7.03. The van der Waals surface area contributed by atoms with Gasteiger partial charge in [0.1, 0.15) is 0 Å². The largest absolute Gasteiger partial charge is 0.377 e. The average molecular weight is 409 g/mol. The highest BCUT2D eigenvalue weighted by molar-refractivity contribution is 7.89. The molecule has 0 aromatic heterocycles. The van der Waals surface area contributed by atoms with Crippen LogP contribution in [-0.2, 0) is 26.0 Å². The first kappa shape index (κ1) is 21.3. The second kappa shape index (κ2) is 9.85. The minimum Gasteiger partial charge on any atom is -0.377 e. The molecule has 1 aromatic rings. The van der Waals surface area contributed by atoms with Crippen LogP contribution in [-0.4, -0.2) is 62.4 Å². The van der Waals surface area contributed by atoms with Crippen molar-refractivity contribution in [2.45, 2.75) is 62.9 Å². The van der Waals surface area contributed by atoms with Crippen molar-refractivity contribution in [2.75, 3.05) is 32.8 Å². The normalized spacial score (nSPS) is 21.6. The molecule has 1 unspecified atom stereocenters. The summed E-state index contributed by atoms with van der Waals surface area (Å²) >= 11 is 0. The second-order valence-corrected chi connectivity index (χ2v) is 9.61. The first-order chi connectivity index (χ1) is 13.5. The quantitative estimate of drug-likeness (QED) is 0.696. The van der Waals surface area contributed by atoms with Crippen LogP contribution in [0.3, 0.4) is 0 Å². The minimum atomic E-state index is -3.39. The Kier molecular flexibility index (Phi) is 7.48. The average Bonchev–Trinajstić information content (AvgIpc) is 2.73. The first-order valence-corrected chi connectivity index (χ1v) is 11.9. The summed E-state index contributed by atoms with van der Waals surface area (Å²) < 4.78 is 32.7. The molecule has 1 aromatic carbocycles. The number of carbonyl (C=O) groups is 1. The molecule has 0 spiro atoms. The number of ether oxygens (including phenoxy) is 1. The number of piperidine rings is 2. The number of nitrogens with zero attached hydrogens (tertiary/aromatic N) is 2. The van der Waals surface area contributed by atoms with Crippen LogP contribution in [0.2, 0.25) is 0 Å². The number of hydrogen-bond donors (Lipinski definition) is 0. The molecular weight excluding hydrogens is 376 g/mol. The van der Waals surface area contributed by atoms with E-state index in [1.165, 1.54) is 0 Å². The molecule has 0 N–H and O–H groups in total. The second-order valence-electron chi connectivity index (χ2n) is 7.67. The standard InChI is InChI=1S/C21H32N2O4S/c1-2-27-19-7-6-14-22(17-19)21(24)13-10-18-8-11-20(12-9-18)28(25,26)23-15-4-3-5-16-23/h8-9,11-12,19H,2-7,10,13-17H2,1H3. The molecule has 156 valence electrons. The predicted molar refractivity (Wildman–Crippen MR) is 109 cm³/mol. The van der Waals surface area contributed by atoms with Gasteiger partial charge in [0.25, 0.3) is 0 Å². The van der Waals surface area contributed by atoms with Crippen LogP contribution in [0.5, 0.6) is 0 Å². The molecule has 2 heterocycles. The molecule has 0 radical (unpaired) electrons. The van der Waals surface area contributed by atoms with Gasteiger partial charge in [-0.15, -0.1) is 0 Å². The summed E-state index contributed by atoms with van der Waals surface area (Å²) in [5, 5.41) is 0. The lowest BCUT2D eigenvalue weighted by molar-refractivity contribution is -0.135. The third kappa shape index (κ3) is 5.33. The molecule has 2 saturated heterocycles. The Hall–Kier alpha value is -1.44. The molecule has 3 rings (SSSR count). The van der Waals surface area contributed by atoms with E-state index in [4.69, 9.17) is 4.74 Å². The molecule has 1 amide bonds. The third-order valence-corrected chi connectivity index (χ3v) is 7.55. The number of rotatable bonds is 7. The van der Waals surface area contributed by atoms with Gasteiger partial charge >= 0.3 is 0 Å². The summed E-state index contributed by atoms with van der Waals surface area (Å²) in [6.07, 6.45) is 6.18. The molecule has 1 atom stereocenters. The van der Waals surface area contributed by atoms with E-state index in [9.17, 15) is 13.2 Å². The Labute approximate surface area is 168 Å². The van der Waals surface area contributed by atoms with Gasteiger partial charge in [0.2, 0.25) is 15.9 Å². The first-order valence-electron chi connectivity index (χ1n) is 10.5. The maximum Gasteiger partial charge on any atom is 0.243 e. The van der Waals surface area contributed by atoms with Crippen LogP contribution in [0.1, 0.15) is 51.0 Å². The van der Waals surface area contributed by atoms with E-state index in [0.29, 0.717) is 44.0 Å². The van der Waals surface area contributed by atoms with Crippen molar-refractivity contribution in [2.24, 2.45) is 0 Å². The summed E-state index contributed by atoms with van der Waals surface area (Å²) in [4.78, 5) is 14.8. The number of likely N-dealkylation sites (tertiary alicyclic amines) is 1. The molecule has 0 bridgehead atoms. The third-order valence-electron chi connectivity index (χ3n) is 5.64. The van der Waals surface area contributed by atoms with Crippen molar-refractivity contribution in [3.05, 3.63) is 29.8 Å². The molecule has 2 fully saturated rings. The number of sulfonamides is 1. The lowest BCUT2D eigenvalue weighted by Gasteiger charge is -2.32. The van der Waals surface area contributed by atoms with Gasteiger partial charge in [0.15, 0.2) is 0 Å². The molecule has 7 heteroatoms. The summed E-state index contributed by atoms with van der Waals surface area (Å²) in [6.45, 7) is 5.36. The number of amides is 1. The van der Waals surface area contributed by atoms with Crippen LogP contribution in [0, 0.1) is 0 Å². The molecule has 0 aliphatic carbocycles. The molecule has 2 aliphatic rings. The molecule has 0 saturated carbocycles. The van der Waals surface area contributed by atoms with Crippen LogP contribution in [0.15, 0.2) is 29.2 Å². The minimum absolute atomic E-state index is 0.148. The number of aryl methyl sites for hydroxylation is 1. The zero-order chi connectivity index (χ0) is 20.0. The van der Waals surface area contributed by atoms with Crippen LogP contribution >= 0.6 is 0 Å². The maximum atomic E-state index is 12.7. The van der Waals surface area contributed by atoms with Crippen molar-refractivity contribution in [3.63, 3.8) is 0 Å². The summed E-state index contributed by atoms with van der Waals surface area (Å²) in [7, 11) is -3.39. The summed E-state index contributed by atoms with van der Waals surface area (Å²) in [5.74, 6) is 0.148. The summed E-state index contributed by atoms with van der Waals surface area (Å²) in [5.41, 5.74) is 0.990. The van der Waals surface area contributed by atoms with E-state index in [-0.39, 0.29) is 12.0 Å². The van der Waals surface area contributed by atoms with E-state index in [1.54, 1.807) is 16.4 Å². The van der Waals surface area contributed by atoms with Crippen molar-refractivity contribution < 1.29 is 17.9 Å². The number of carbonyl (C=O) groups excluding carboxylic acids is 1. The predicted octanol–water partition coefficient (Wildman–Crippen LogP) is 2.82. The highest BCUT2D eigenvalue weighted by Crippen LogP contribution is 2.21. The number of benzene rings is 1. The number of hydrogen-bond acceptors (Lipinski definition) is 4. The van der Waals surface area contributed by atoms with E-state index in [2.05, 4.69) is 0 Å². The molecule has 6 nitrogen and oxygen atoms in total. The highest BCUT2D eigenvalue weighted by atomic mass is 32.2. The van der Waals surface area contributed by atoms with Crippen molar-refractivity contribution in [3.8, 4) is 0 Å².